The Morgan fingerprint density at radius 3 is 2.94 bits per heavy atom. The number of carboxylic acids is 1. The summed E-state index contributed by atoms with van der Waals surface area (Å²) < 4.78 is 0. The second kappa shape index (κ2) is 5.91. The summed E-state index contributed by atoms with van der Waals surface area (Å²) in [5.74, 6) is -0.958. The summed E-state index contributed by atoms with van der Waals surface area (Å²) in [7, 11) is 0. The van der Waals surface area contributed by atoms with Crippen LogP contribution in [-0.4, -0.2) is 17.6 Å². The van der Waals surface area contributed by atoms with Crippen molar-refractivity contribution in [2.45, 2.75) is 25.7 Å². The highest BCUT2D eigenvalue weighted by atomic mass is 35.5. The number of allylic oxidation sites excluding steroid dienone is 1. The summed E-state index contributed by atoms with van der Waals surface area (Å²) in [6.07, 6.45) is 6.85. The average molecular weight is 266 g/mol. The maximum Gasteiger partial charge on any atom is 0.337 e. The predicted octanol–water partition coefficient (Wildman–Crippen LogP) is 3.95. The Balaban J connectivity index is 1.98. The molecule has 0 radical (unpaired) electrons. The van der Waals surface area contributed by atoms with E-state index in [4.69, 9.17) is 16.7 Å². The molecule has 0 unspecified atom stereocenters. The Hall–Kier alpha value is -1.48. The molecule has 1 aliphatic carbocycles. The van der Waals surface area contributed by atoms with Crippen LogP contribution in [0.5, 0.6) is 0 Å². The second-order valence-corrected chi connectivity index (χ2v) is 4.86. The third kappa shape index (κ3) is 3.26. The van der Waals surface area contributed by atoms with Gasteiger partial charge in [0.25, 0.3) is 0 Å². The van der Waals surface area contributed by atoms with Gasteiger partial charge in [-0.15, -0.1) is 0 Å². The molecule has 0 amide bonds. The normalized spacial score (nSPS) is 14.4. The predicted molar refractivity (Wildman–Crippen MR) is 73.5 cm³/mol. The molecule has 2 N–H and O–H groups in total. The van der Waals surface area contributed by atoms with Crippen LogP contribution in [0.3, 0.4) is 0 Å². The van der Waals surface area contributed by atoms with Gasteiger partial charge in [0.05, 0.1) is 5.56 Å². The third-order valence-corrected chi connectivity index (χ3v) is 3.34. The van der Waals surface area contributed by atoms with Gasteiger partial charge in [-0.05, 0) is 43.9 Å². The highest BCUT2D eigenvalue weighted by Crippen LogP contribution is 2.23. The van der Waals surface area contributed by atoms with Gasteiger partial charge in [0, 0.05) is 17.3 Å². The van der Waals surface area contributed by atoms with Crippen LogP contribution in [0, 0.1) is 0 Å². The van der Waals surface area contributed by atoms with E-state index in [1.807, 2.05) is 0 Å². The molecule has 0 saturated carbocycles. The van der Waals surface area contributed by atoms with Crippen LogP contribution in [-0.2, 0) is 0 Å². The van der Waals surface area contributed by atoms with Crippen LogP contribution < -0.4 is 5.32 Å². The van der Waals surface area contributed by atoms with E-state index in [0.717, 1.165) is 13.0 Å². The number of anilines is 1. The number of hydrogen-bond donors (Lipinski definition) is 2. The molecule has 1 aromatic rings. The van der Waals surface area contributed by atoms with Crippen molar-refractivity contribution in [3.05, 3.63) is 40.4 Å². The first kappa shape index (κ1) is 13.0. The average Bonchev–Trinajstić information content (AvgIpc) is 2.84. The summed E-state index contributed by atoms with van der Waals surface area (Å²) >= 11 is 5.80. The standard InChI is InChI=1S/C14H16ClNO2/c15-11-5-6-13(12(9-11)14(17)18)16-8-7-10-3-1-2-4-10/h3,5-6,9,16H,1-2,4,7-8H2,(H,17,18). The van der Waals surface area contributed by atoms with Crippen LogP contribution in [0.15, 0.2) is 29.8 Å². The number of carbonyl (C=O) groups is 1. The molecule has 96 valence electrons. The number of hydrogen-bond acceptors (Lipinski definition) is 2. The van der Waals surface area contributed by atoms with Gasteiger partial charge in [0.1, 0.15) is 0 Å². The molecule has 0 spiro atoms. The third-order valence-electron chi connectivity index (χ3n) is 3.11. The van der Waals surface area contributed by atoms with Gasteiger partial charge in [-0.2, -0.15) is 0 Å². The number of benzene rings is 1. The molecule has 0 aliphatic heterocycles. The lowest BCUT2D eigenvalue weighted by Gasteiger charge is -2.10. The largest absolute Gasteiger partial charge is 0.478 e. The first-order valence-corrected chi connectivity index (χ1v) is 6.49. The van der Waals surface area contributed by atoms with Gasteiger partial charge in [0.15, 0.2) is 0 Å². The molecule has 18 heavy (non-hydrogen) atoms. The fourth-order valence-electron chi connectivity index (χ4n) is 2.17. The van der Waals surface area contributed by atoms with Crippen LogP contribution in [0.2, 0.25) is 5.02 Å². The maximum absolute atomic E-state index is 11.1. The SMILES string of the molecule is O=C(O)c1cc(Cl)ccc1NCCC1=CCCC1. The molecule has 0 saturated heterocycles. The van der Waals surface area contributed by atoms with Crippen LogP contribution in [0.25, 0.3) is 0 Å². The molecule has 2 rings (SSSR count). The Morgan fingerprint density at radius 2 is 2.28 bits per heavy atom. The van der Waals surface area contributed by atoms with Gasteiger partial charge in [-0.3, -0.25) is 0 Å². The van der Waals surface area contributed by atoms with Crippen LogP contribution in [0.4, 0.5) is 5.69 Å². The van der Waals surface area contributed by atoms with Crippen molar-refractivity contribution in [1.29, 1.82) is 0 Å². The molecule has 4 heteroatoms. The first-order chi connectivity index (χ1) is 8.66. The van der Waals surface area contributed by atoms with Crippen molar-refractivity contribution < 1.29 is 9.90 Å². The number of aromatic carboxylic acids is 1. The number of nitrogens with one attached hydrogen (secondary N) is 1. The van der Waals surface area contributed by atoms with E-state index in [9.17, 15) is 4.79 Å². The van der Waals surface area contributed by atoms with E-state index in [1.165, 1.54) is 30.9 Å². The summed E-state index contributed by atoms with van der Waals surface area (Å²) in [5.41, 5.74) is 2.32. The topological polar surface area (TPSA) is 49.3 Å². The zero-order chi connectivity index (χ0) is 13.0. The molecule has 0 heterocycles. The maximum atomic E-state index is 11.1. The van der Waals surface area contributed by atoms with Crippen LogP contribution in [0.1, 0.15) is 36.0 Å². The number of halogens is 1. The quantitative estimate of drug-likeness (QED) is 0.793. The van der Waals surface area contributed by atoms with E-state index in [-0.39, 0.29) is 5.56 Å². The molecule has 0 fully saturated rings. The fourth-order valence-corrected chi connectivity index (χ4v) is 2.34. The molecule has 3 nitrogen and oxygen atoms in total. The molecule has 1 aliphatic rings. The van der Waals surface area contributed by atoms with Crippen molar-refractivity contribution in [3.8, 4) is 0 Å². The van der Waals surface area contributed by atoms with Crippen molar-refractivity contribution in [2.75, 3.05) is 11.9 Å². The zero-order valence-corrected chi connectivity index (χ0v) is 10.8. The van der Waals surface area contributed by atoms with Gasteiger partial charge < -0.3 is 10.4 Å². The highest BCUT2D eigenvalue weighted by Gasteiger charge is 2.10. The van der Waals surface area contributed by atoms with Gasteiger partial charge in [0.2, 0.25) is 0 Å². The minimum Gasteiger partial charge on any atom is -0.478 e. The minimum atomic E-state index is -0.958. The van der Waals surface area contributed by atoms with E-state index < -0.39 is 5.97 Å². The summed E-state index contributed by atoms with van der Waals surface area (Å²) in [4.78, 5) is 11.1. The number of carboxylic acid groups (broad SMARTS) is 1. The Labute approximate surface area is 111 Å². The first-order valence-electron chi connectivity index (χ1n) is 6.11. The summed E-state index contributed by atoms with van der Waals surface area (Å²) in [5, 5.41) is 12.7. The lowest BCUT2D eigenvalue weighted by Crippen LogP contribution is -2.08. The van der Waals surface area contributed by atoms with Crippen LogP contribution >= 0.6 is 11.6 Å². The lowest BCUT2D eigenvalue weighted by molar-refractivity contribution is 0.0698. The lowest BCUT2D eigenvalue weighted by atomic mass is 10.1. The van der Waals surface area contributed by atoms with E-state index in [0.29, 0.717) is 10.7 Å². The minimum absolute atomic E-state index is 0.225. The summed E-state index contributed by atoms with van der Waals surface area (Å²) in [6.45, 7) is 0.758. The monoisotopic (exact) mass is 265 g/mol. The van der Waals surface area contributed by atoms with Crippen molar-refractivity contribution in [3.63, 3.8) is 0 Å². The molecule has 1 aromatic carbocycles. The van der Waals surface area contributed by atoms with Crippen molar-refractivity contribution in [1.82, 2.24) is 0 Å². The molecular weight excluding hydrogens is 250 g/mol. The van der Waals surface area contributed by atoms with Gasteiger partial charge in [-0.1, -0.05) is 23.3 Å². The second-order valence-electron chi connectivity index (χ2n) is 4.43. The molecular formula is C14H16ClNO2. The van der Waals surface area contributed by atoms with Gasteiger partial charge in [-0.25, -0.2) is 4.79 Å². The highest BCUT2D eigenvalue weighted by molar-refractivity contribution is 6.31. The summed E-state index contributed by atoms with van der Waals surface area (Å²) in [6, 6.07) is 4.89. The smallest absolute Gasteiger partial charge is 0.337 e. The van der Waals surface area contributed by atoms with E-state index >= 15 is 0 Å². The Morgan fingerprint density at radius 1 is 1.44 bits per heavy atom. The van der Waals surface area contributed by atoms with E-state index in [1.54, 1.807) is 12.1 Å². The molecule has 0 bridgehead atoms. The Bertz CT molecular complexity index is 483. The number of rotatable bonds is 5. The molecule has 0 aromatic heterocycles. The van der Waals surface area contributed by atoms with Crippen molar-refractivity contribution >= 4 is 23.3 Å². The van der Waals surface area contributed by atoms with Crippen molar-refractivity contribution in [2.24, 2.45) is 0 Å². The fraction of sp³-hybridized carbons (Fsp3) is 0.357. The van der Waals surface area contributed by atoms with E-state index in [2.05, 4.69) is 11.4 Å². The zero-order valence-electron chi connectivity index (χ0n) is 10.1. The molecule has 0 atom stereocenters. The Kier molecular flexibility index (Phi) is 4.26. The van der Waals surface area contributed by atoms with Gasteiger partial charge >= 0.3 is 5.97 Å².